The fourth-order valence-electron chi connectivity index (χ4n) is 4.30. The monoisotopic (exact) mass is 440 g/mol. The van der Waals surface area contributed by atoms with E-state index < -0.39 is 0 Å². The molecule has 9 heteroatoms. The van der Waals surface area contributed by atoms with Gasteiger partial charge in [-0.15, -0.1) is 21.5 Å². The van der Waals surface area contributed by atoms with Crippen LogP contribution in [0.15, 0.2) is 28.2 Å². The average Bonchev–Trinajstić information content (AvgIpc) is 3.45. The second kappa shape index (κ2) is 6.75. The molecule has 4 heterocycles. The van der Waals surface area contributed by atoms with Gasteiger partial charge in [-0.05, 0) is 48.4 Å². The summed E-state index contributed by atoms with van der Waals surface area (Å²) >= 11 is 3.35. The van der Waals surface area contributed by atoms with Crippen LogP contribution in [0.2, 0.25) is 0 Å². The van der Waals surface area contributed by atoms with Crippen LogP contribution in [0.3, 0.4) is 0 Å². The highest BCUT2D eigenvalue weighted by Gasteiger charge is 2.26. The Morgan fingerprint density at radius 2 is 2.13 bits per heavy atom. The fraction of sp³-hybridized carbons (Fsp3) is 0.381. The van der Waals surface area contributed by atoms with Gasteiger partial charge in [0, 0.05) is 17.7 Å². The Labute approximate surface area is 180 Å². The minimum Gasteiger partial charge on any atom is -0.454 e. The van der Waals surface area contributed by atoms with Gasteiger partial charge in [0.25, 0.3) is 5.56 Å². The quantitative estimate of drug-likeness (QED) is 0.452. The largest absolute Gasteiger partial charge is 0.454 e. The molecule has 3 aromatic heterocycles. The Kier molecular flexibility index (Phi) is 4.11. The van der Waals surface area contributed by atoms with Crippen LogP contribution >= 0.6 is 23.1 Å². The summed E-state index contributed by atoms with van der Waals surface area (Å²) in [4.78, 5) is 15.4. The van der Waals surface area contributed by atoms with Crippen LogP contribution in [0.4, 0.5) is 0 Å². The molecular formula is C21H20N4O3S2. The molecule has 0 N–H and O–H groups in total. The Balaban J connectivity index is 1.45. The third-order valence-electron chi connectivity index (χ3n) is 5.94. The first-order chi connectivity index (χ1) is 14.6. The van der Waals surface area contributed by atoms with Crippen molar-refractivity contribution in [3.8, 4) is 11.5 Å². The van der Waals surface area contributed by atoms with Crippen molar-refractivity contribution in [2.75, 3.05) is 6.79 Å². The van der Waals surface area contributed by atoms with Gasteiger partial charge in [-0.2, -0.15) is 0 Å². The van der Waals surface area contributed by atoms with Gasteiger partial charge in [-0.1, -0.05) is 24.8 Å². The van der Waals surface area contributed by atoms with Gasteiger partial charge in [0.05, 0.1) is 5.39 Å². The molecule has 1 aromatic carbocycles. The maximum atomic E-state index is 13.1. The summed E-state index contributed by atoms with van der Waals surface area (Å²) in [6.45, 7) is 2.56. The van der Waals surface area contributed by atoms with E-state index in [1.807, 2.05) is 18.2 Å². The number of thiophene rings is 1. The lowest BCUT2D eigenvalue weighted by molar-refractivity contribution is 0.174. The topological polar surface area (TPSA) is 70.7 Å². The van der Waals surface area contributed by atoms with E-state index in [0.29, 0.717) is 11.7 Å². The van der Waals surface area contributed by atoms with E-state index in [2.05, 4.69) is 21.5 Å². The molecule has 30 heavy (non-hydrogen) atoms. The van der Waals surface area contributed by atoms with Gasteiger partial charge in [-0.25, -0.2) is 4.40 Å². The van der Waals surface area contributed by atoms with Crippen LogP contribution in [0.5, 0.6) is 11.5 Å². The molecular weight excluding hydrogens is 420 g/mol. The van der Waals surface area contributed by atoms with E-state index in [9.17, 15) is 4.79 Å². The first-order valence-corrected chi connectivity index (χ1v) is 11.8. The smallest absolute Gasteiger partial charge is 0.263 e. The van der Waals surface area contributed by atoms with Gasteiger partial charge in [-0.3, -0.25) is 9.36 Å². The molecule has 154 valence electrons. The predicted molar refractivity (Wildman–Crippen MR) is 117 cm³/mol. The Morgan fingerprint density at radius 3 is 3.03 bits per heavy atom. The number of benzene rings is 1. The van der Waals surface area contributed by atoms with Crippen molar-refractivity contribution in [1.29, 1.82) is 0 Å². The van der Waals surface area contributed by atoms with Crippen molar-refractivity contribution in [3.05, 3.63) is 44.6 Å². The zero-order valence-electron chi connectivity index (χ0n) is 16.7. The minimum atomic E-state index is 0.0317. The van der Waals surface area contributed by atoms with Gasteiger partial charge in [0.1, 0.15) is 4.83 Å². The number of ether oxygens (including phenoxy) is 2. The van der Waals surface area contributed by atoms with Crippen LogP contribution in [0.25, 0.3) is 16.0 Å². The highest BCUT2D eigenvalue weighted by Crippen LogP contribution is 2.38. The number of hydrogen-bond donors (Lipinski definition) is 0. The molecule has 0 spiro atoms. The molecule has 0 bridgehead atoms. The van der Waals surface area contributed by atoms with Crippen molar-refractivity contribution >= 4 is 39.1 Å². The lowest BCUT2D eigenvalue weighted by atomic mass is 9.89. The second-order valence-corrected chi connectivity index (χ2v) is 10.0. The van der Waals surface area contributed by atoms with Crippen LogP contribution in [-0.4, -0.2) is 26.0 Å². The molecule has 4 aromatic rings. The maximum Gasteiger partial charge on any atom is 0.263 e. The molecule has 0 saturated heterocycles. The van der Waals surface area contributed by atoms with Crippen molar-refractivity contribution in [1.82, 2.24) is 19.2 Å². The number of fused-ring (bicyclic) bond motifs is 6. The third kappa shape index (κ3) is 2.68. The molecule has 6 rings (SSSR count). The molecule has 1 aliphatic carbocycles. The molecule has 0 fully saturated rings. The van der Waals surface area contributed by atoms with Gasteiger partial charge in [0.2, 0.25) is 12.6 Å². The van der Waals surface area contributed by atoms with Gasteiger partial charge in [0.15, 0.2) is 16.7 Å². The van der Waals surface area contributed by atoms with Gasteiger partial charge < -0.3 is 9.47 Å². The lowest BCUT2D eigenvalue weighted by Crippen LogP contribution is -2.21. The standard InChI is InChI=1S/C21H20N4O3S2/c1-11-3-5-13-16(7-11)30-19-17(13)18(26)24(2)20-22-23-21(25(19)20)29-9-12-4-6-14-15(8-12)28-10-27-14/h4,6,8,11H,3,5,7,9-10H2,1-2H3. The second-order valence-electron chi connectivity index (χ2n) is 7.99. The maximum absolute atomic E-state index is 13.1. The van der Waals surface area contributed by atoms with Crippen LogP contribution in [-0.2, 0) is 25.6 Å². The Hall–Kier alpha value is -2.52. The highest BCUT2D eigenvalue weighted by atomic mass is 32.2. The summed E-state index contributed by atoms with van der Waals surface area (Å²) in [5, 5.41) is 10.4. The third-order valence-corrected chi connectivity index (χ3v) is 8.18. The molecule has 1 unspecified atom stereocenters. The molecule has 0 amide bonds. The van der Waals surface area contributed by atoms with Crippen LogP contribution in [0, 0.1) is 5.92 Å². The SMILES string of the molecule is CC1CCc2c(sc3c2c(=O)n(C)c2nnc(SCc4ccc5c(c4)OCO5)n32)C1. The van der Waals surface area contributed by atoms with E-state index in [0.717, 1.165) is 57.5 Å². The normalized spacial score (nSPS) is 17.7. The van der Waals surface area contributed by atoms with Gasteiger partial charge >= 0.3 is 0 Å². The zero-order valence-corrected chi connectivity index (χ0v) is 18.3. The first kappa shape index (κ1) is 18.3. The van der Waals surface area contributed by atoms with Crippen molar-refractivity contribution in [3.63, 3.8) is 0 Å². The summed E-state index contributed by atoms with van der Waals surface area (Å²) in [5.41, 5.74) is 2.39. The van der Waals surface area contributed by atoms with E-state index in [4.69, 9.17) is 9.47 Å². The van der Waals surface area contributed by atoms with Crippen molar-refractivity contribution in [2.24, 2.45) is 13.0 Å². The van der Waals surface area contributed by atoms with E-state index in [1.165, 1.54) is 10.4 Å². The number of hydrogen-bond acceptors (Lipinski definition) is 7. The average molecular weight is 441 g/mol. The van der Waals surface area contributed by atoms with E-state index in [1.54, 1.807) is 34.7 Å². The van der Waals surface area contributed by atoms with Crippen molar-refractivity contribution < 1.29 is 9.47 Å². The molecule has 1 aliphatic heterocycles. The molecule has 2 aliphatic rings. The Bertz CT molecular complexity index is 1370. The molecule has 7 nitrogen and oxygen atoms in total. The number of rotatable bonds is 3. The van der Waals surface area contributed by atoms with E-state index in [-0.39, 0.29) is 12.4 Å². The number of aryl methyl sites for hydroxylation is 2. The van der Waals surface area contributed by atoms with Crippen LogP contribution < -0.4 is 15.0 Å². The van der Waals surface area contributed by atoms with E-state index >= 15 is 0 Å². The van der Waals surface area contributed by atoms with Crippen molar-refractivity contribution in [2.45, 2.75) is 37.1 Å². The summed E-state index contributed by atoms with van der Waals surface area (Å²) in [6.07, 6.45) is 3.15. The zero-order chi connectivity index (χ0) is 20.4. The summed E-state index contributed by atoms with van der Waals surface area (Å²) in [6, 6.07) is 5.99. The first-order valence-electron chi connectivity index (χ1n) is 10.00. The molecule has 1 atom stereocenters. The number of aromatic nitrogens is 4. The molecule has 0 radical (unpaired) electrons. The number of thioether (sulfide) groups is 1. The fourth-order valence-corrected chi connectivity index (χ4v) is 6.74. The Morgan fingerprint density at radius 1 is 1.27 bits per heavy atom. The lowest BCUT2D eigenvalue weighted by Gasteiger charge is -2.17. The number of nitrogens with zero attached hydrogens (tertiary/aromatic N) is 4. The summed E-state index contributed by atoms with van der Waals surface area (Å²) in [7, 11) is 1.79. The predicted octanol–water partition coefficient (Wildman–Crippen LogP) is 3.79. The minimum absolute atomic E-state index is 0.0317. The van der Waals surface area contributed by atoms with Crippen LogP contribution in [0.1, 0.15) is 29.3 Å². The summed E-state index contributed by atoms with van der Waals surface area (Å²) < 4.78 is 14.6. The molecule has 0 saturated carbocycles. The summed E-state index contributed by atoms with van der Waals surface area (Å²) in [5.74, 6) is 3.54. The highest BCUT2D eigenvalue weighted by molar-refractivity contribution is 7.98.